The molecule has 0 aliphatic heterocycles. The van der Waals surface area contributed by atoms with Gasteiger partial charge in [-0.05, 0) is 31.2 Å². The monoisotopic (exact) mass is 302 g/mol. The third-order valence-corrected chi connectivity index (χ3v) is 3.49. The number of nitrogens with one attached hydrogen (secondary N) is 1. The molecule has 0 aliphatic carbocycles. The van der Waals surface area contributed by atoms with Crippen molar-refractivity contribution in [2.45, 2.75) is 33.1 Å². The zero-order valence-corrected chi connectivity index (χ0v) is 12.3. The quantitative estimate of drug-likeness (QED) is 0.810. The van der Waals surface area contributed by atoms with Gasteiger partial charge in [0.2, 0.25) is 5.91 Å². The molecule has 0 fully saturated rings. The standard InChI is InChI=1S/C15H21F3N2O/c1-9(2)10(5-6-19)3-4-14(21)20-15-12(17)7-11(16)8-13(15)18/h7-10H,3-6,19H2,1-2H3,(H,20,21). The van der Waals surface area contributed by atoms with Crippen molar-refractivity contribution in [2.24, 2.45) is 17.6 Å². The number of nitrogens with two attached hydrogens (primary N) is 1. The second-order valence-corrected chi connectivity index (χ2v) is 5.41. The Bertz CT molecular complexity index is 469. The zero-order chi connectivity index (χ0) is 16.0. The Morgan fingerprint density at radius 3 is 2.24 bits per heavy atom. The van der Waals surface area contributed by atoms with E-state index in [1.54, 1.807) is 0 Å². The molecule has 1 rings (SSSR count). The van der Waals surface area contributed by atoms with Crippen molar-refractivity contribution in [3.8, 4) is 0 Å². The number of rotatable bonds is 7. The summed E-state index contributed by atoms with van der Waals surface area (Å²) in [6.45, 7) is 4.61. The Morgan fingerprint density at radius 1 is 1.19 bits per heavy atom. The summed E-state index contributed by atoms with van der Waals surface area (Å²) in [4.78, 5) is 11.8. The molecule has 1 atom stereocenters. The van der Waals surface area contributed by atoms with Gasteiger partial charge in [0.15, 0.2) is 11.6 Å². The third-order valence-electron chi connectivity index (χ3n) is 3.49. The fraction of sp³-hybridized carbons (Fsp3) is 0.533. The number of hydrogen-bond acceptors (Lipinski definition) is 2. The Balaban J connectivity index is 2.62. The predicted octanol–water partition coefficient (Wildman–Crippen LogP) is 3.44. The van der Waals surface area contributed by atoms with E-state index in [1.807, 2.05) is 13.8 Å². The number of carbonyl (C=O) groups excluding carboxylic acids is 1. The molecule has 3 N–H and O–H groups in total. The lowest BCUT2D eigenvalue weighted by Crippen LogP contribution is -2.19. The maximum atomic E-state index is 13.4. The Kier molecular flexibility index (Phi) is 6.68. The van der Waals surface area contributed by atoms with Crippen LogP contribution < -0.4 is 11.1 Å². The molecule has 21 heavy (non-hydrogen) atoms. The molecule has 3 nitrogen and oxygen atoms in total. The first-order valence-electron chi connectivity index (χ1n) is 6.99. The van der Waals surface area contributed by atoms with Crippen LogP contribution in [0.2, 0.25) is 0 Å². The number of benzene rings is 1. The van der Waals surface area contributed by atoms with Gasteiger partial charge in [-0.15, -0.1) is 0 Å². The summed E-state index contributed by atoms with van der Waals surface area (Å²) in [6, 6.07) is 1.06. The summed E-state index contributed by atoms with van der Waals surface area (Å²) in [5.41, 5.74) is 4.91. The van der Waals surface area contributed by atoms with Crippen molar-refractivity contribution in [3.05, 3.63) is 29.6 Å². The number of amides is 1. The van der Waals surface area contributed by atoms with E-state index in [0.29, 0.717) is 31.0 Å². The molecule has 0 bridgehead atoms. The Morgan fingerprint density at radius 2 is 1.76 bits per heavy atom. The topological polar surface area (TPSA) is 55.1 Å². The first-order chi connectivity index (χ1) is 9.85. The van der Waals surface area contributed by atoms with Gasteiger partial charge >= 0.3 is 0 Å². The summed E-state index contributed by atoms with van der Waals surface area (Å²) >= 11 is 0. The largest absolute Gasteiger partial charge is 0.330 e. The lowest BCUT2D eigenvalue weighted by atomic mass is 9.88. The Labute approximate surface area is 122 Å². The highest BCUT2D eigenvalue weighted by Gasteiger charge is 2.17. The lowest BCUT2D eigenvalue weighted by molar-refractivity contribution is -0.116. The number of anilines is 1. The van der Waals surface area contributed by atoms with Crippen LogP contribution >= 0.6 is 0 Å². The van der Waals surface area contributed by atoms with Crippen molar-refractivity contribution in [3.63, 3.8) is 0 Å². The van der Waals surface area contributed by atoms with E-state index in [0.717, 1.165) is 6.42 Å². The molecular weight excluding hydrogens is 281 g/mol. The van der Waals surface area contributed by atoms with Crippen LogP contribution in [-0.4, -0.2) is 12.5 Å². The highest BCUT2D eigenvalue weighted by molar-refractivity contribution is 5.90. The fourth-order valence-electron chi connectivity index (χ4n) is 2.21. The average Bonchev–Trinajstić information content (AvgIpc) is 2.38. The van der Waals surface area contributed by atoms with E-state index in [2.05, 4.69) is 5.32 Å². The van der Waals surface area contributed by atoms with E-state index >= 15 is 0 Å². The van der Waals surface area contributed by atoms with Gasteiger partial charge in [-0.3, -0.25) is 4.79 Å². The van der Waals surface area contributed by atoms with Gasteiger partial charge < -0.3 is 11.1 Å². The van der Waals surface area contributed by atoms with Gasteiger partial charge in [-0.2, -0.15) is 0 Å². The highest BCUT2D eigenvalue weighted by atomic mass is 19.1. The summed E-state index contributed by atoms with van der Waals surface area (Å²) in [5, 5.41) is 2.16. The molecule has 1 amide bonds. The molecule has 0 aromatic heterocycles. The summed E-state index contributed by atoms with van der Waals surface area (Å²) in [6.07, 6.45) is 1.52. The van der Waals surface area contributed by atoms with Crippen LogP contribution in [0.15, 0.2) is 12.1 Å². The van der Waals surface area contributed by atoms with E-state index in [4.69, 9.17) is 5.73 Å². The summed E-state index contributed by atoms with van der Waals surface area (Å²) in [5.74, 6) is -3.11. The fourth-order valence-corrected chi connectivity index (χ4v) is 2.21. The molecule has 0 aliphatic rings. The van der Waals surface area contributed by atoms with E-state index in [-0.39, 0.29) is 12.3 Å². The van der Waals surface area contributed by atoms with Crippen LogP contribution in [0.1, 0.15) is 33.1 Å². The van der Waals surface area contributed by atoms with Crippen molar-refractivity contribution >= 4 is 11.6 Å². The van der Waals surface area contributed by atoms with E-state index in [9.17, 15) is 18.0 Å². The second kappa shape index (κ2) is 8.02. The SMILES string of the molecule is CC(C)C(CCN)CCC(=O)Nc1c(F)cc(F)cc1F. The van der Waals surface area contributed by atoms with E-state index in [1.165, 1.54) is 0 Å². The molecule has 1 aromatic rings. The van der Waals surface area contributed by atoms with Gasteiger partial charge in [0.1, 0.15) is 11.5 Å². The number of hydrogen-bond donors (Lipinski definition) is 2. The maximum Gasteiger partial charge on any atom is 0.224 e. The molecule has 1 aromatic carbocycles. The van der Waals surface area contributed by atoms with Crippen molar-refractivity contribution in [1.82, 2.24) is 0 Å². The Hall–Kier alpha value is -1.56. The molecule has 0 spiro atoms. The lowest BCUT2D eigenvalue weighted by Gasteiger charge is -2.19. The molecule has 1 unspecified atom stereocenters. The van der Waals surface area contributed by atoms with Crippen LogP contribution in [0.4, 0.5) is 18.9 Å². The minimum Gasteiger partial charge on any atom is -0.330 e. The van der Waals surface area contributed by atoms with Gasteiger partial charge in [0.05, 0.1) is 0 Å². The normalized spacial score (nSPS) is 12.5. The third kappa shape index (κ3) is 5.38. The highest BCUT2D eigenvalue weighted by Crippen LogP contribution is 2.23. The van der Waals surface area contributed by atoms with E-state index < -0.39 is 29.0 Å². The predicted molar refractivity (Wildman–Crippen MR) is 76.2 cm³/mol. The number of carbonyl (C=O) groups is 1. The van der Waals surface area contributed by atoms with Gasteiger partial charge in [-0.25, -0.2) is 13.2 Å². The molecule has 0 heterocycles. The average molecular weight is 302 g/mol. The summed E-state index contributed by atoms with van der Waals surface area (Å²) in [7, 11) is 0. The zero-order valence-electron chi connectivity index (χ0n) is 12.3. The number of halogens is 3. The maximum absolute atomic E-state index is 13.4. The first-order valence-corrected chi connectivity index (χ1v) is 6.99. The van der Waals surface area contributed by atoms with Crippen molar-refractivity contribution < 1.29 is 18.0 Å². The minimum absolute atomic E-state index is 0.138. The first kappa shape index (κ1) is 17.5. The van der Waals surface area contributed by atoms with Crippen molar-refractivity contribution in [1.29, 1.82) is 0 Å². The molecule has 0 saturated carbocycles. The molecule has 118 valence electrons. The van der Waals surface area contributed by atoms with Gasteiger partial charge in [-0.1, -0.05) is 13.8 Å². The van der Waals surface area contributed by atoms with Crippen molar-refractivity contribution in [2.75, 3.05) is 11.9 Å². The van der Waals surface area contributed by atoms with Crippen LogP contribution in [0, 0.1) is 29.3 Å². The summed E-state index contributed by atoms with van der Waals surface area (Å²) < 4.78 is 39.6. The van der Waals surface area contributed by atoms with Crippen LogP contribution in [0.25, 0.3) is 0 Å². The minimum atomic E-state index is -1.12. The van der Waals surface area contributed by atoms with Gasteiger partial charge in [0, 0.05) is 18.6 Å². The molecular formula is C15H21F3N2O. The molecule has 6 heteroatoms. The van der Waals surface area contributed by atoms with Crippen LogP contribution in [0.3, 0.4) is 0 Å². The second-order valence-electron chi connectivity index (χ2n) is 5.41. The smallest absolute Gasteiger partial charge is 0.224 e. The van der Waals surface area contributed by atoms with Crippen LogP contribution in [0.5, 0.6) is 0 Å². The van der Waals surface area contributed by atoms with Gasteiger partial charge in [0.25, 0.3) is 0 Å². The molecule has 0 saturated heterocycles. The van der Waals surface area contributed by atoms with Crippen LogP contribution in [-0.2, 0) is 4.79 Å². The molecule has 0 radical (unpaired) electrons.